The number of hydrogen-bond donors (Lipinski definition) is 1. The molecule has 7 heteroatoms. The molecule has 6 nitrogen and oxygen atoms in total. The lowest BCUT2D eigenvalue weighted by atomic mass is 10.2. The number of sulfonamides is 1. The van der Waals surface area contributed by atoms with Crippen LogP contribution in [0.3, 0.4) is 0 Å². The zero-order chi connectivity index (χ0) is 15.3. The summed E-state index contributed by atoms with van der Waals surface area (Å²) in [5.41, 5.74) is 0.958. The first kappa shape index (κ1) is 16.6. The molecule has 0 aliphatic carbocycles. The molecular weight excluding hydrogens is 282 g/mol. The van der Waals surface area contributed by atoms with Crippen LogP contribution in [0.15, 0.2) is 29.2 Å². The van der Waals surface area contributed by atoms with Crippen LogP contribution in [0.2, 0.25) is 0 Å². The van der Waals surface area contributed by atoms with Gasteiger partial charge in [-0.3, -0.25) is 4.79 Å². The molecule has 0 saturated heterocycles. The minimum atomic E-state index is -3.80. The third-order valence-corrected chi connectivity index (χ3v) is 5.04. The van der Waals surface area contributed by atoms with Crippen LogP contribution < -0.4 is 0 Å². The molecule has 112 valence electrons. The number of carbonyl (C=O) groups is 1. The molecule has 20 heavy (non-hydrogen) atoms. The first-order chi connectivity index (χ1) is 9.30. The highest BCUT2D eigenvalue weighted by Gasteiger charge is 2.29. The summed E-state index contributed by atoms with van der Waals surface area (Å²) in [7, 11) is -0.944. The van der Waals surface area contributed by atoms with Gasteiger partial charge in [-0.2, -0.15) is 4.31 Å². The van der Waals surface area contributed by atoms with E-state index in [-0.39, 0.29) is 4.90 Å². The lowest BCUT2D eigenvalue weighted by Crippen LogP contribution is -2.40. The van der Waals surface area contributed by atoms with Crippen molar-refractivity contribution in [3.63, 3.8) is 0 Å². The summed E-state index contributed by atoms with van der Waals surface area (Å²) in [6.45, 7) is 1.88. The highest BCUT2D eigenvalue weighted by Crippen LogP contribution is 2.17. The topological polar surface area (TPSA) is 83.9 Å². The summed E-state index contributed by atoms with van der Waals surface area (Å²) < 4.78 is 30.3. The van der Waals surface area contributed by atoms with Crippen molar-refractivity contribution >= 4 is 16.0 Å². The number of likely N-dealkylation sites (N-methyl/N-ethyl adjacent to an activating group) is 1. The Morgan fingerprint density at radius 2 is 1.90 bits per heavy atom. The molecule has 0 saturated carbocycles. The molecule has 0 fully saturated rings. The third kappa shape index (κ3) is 3.78. The van der Waals surface area contributed by atoms with E-state index in [0.717, 1.165) is 9.87 Å². The van der Waals surface area contributed by atoms with E-state index < -0.39 is 22.0 Å². The molecule has 0 heterocycles. The lowest BCUT2D eigenvalue weighted by Gasteiger charge is -2.21. The predicted molar refractivity (Wildman–Crippen MR) is 74.1 cm³/mol. The number of aliphatic carboxylic acids is 1. The Kier molecular flexibility index (Phi) is 5.67. The van der Waals surface area contributed by atoms with Gasteiger partial charge in [0.2, 0.25) is 10.0 Å². The Bertz CT molecular complexity index is 553. The van der Waals surface area contributed by atoms with Crippen LogP contribution in [-0.4, -0.2) is 50.6 Å². The Balaban J connectivity index is 2.95. The highest BCUT2D eigenvalue weighted by molar-refractivity contribution is 7.89. The van der Waals surface area contributed by atoms with Gasteiger partial charge in [-0.05, 0) is 31.0 Å². The van der Waals surface area contributed by atoms with E-state index >= 15 is 0 Å². The van der Waals surface area contributed by atoms with Gasteiger partial charge < -0.3 is 9.84 Å². The van der Waals surface area contributed by atoms with Crippen molar-refractivity contribution in [1.82, 2.24) is 4.31 Å². The minimum absolute atomic E-state index is 0.0780. The number of rotatable bonds is 7. The summed E-state index contributed by atoms with van der Waals surface area (Å²) in [6.07, 6.45) is 0.693. The van der Waals surface area contributed by atoms with Gasteiger partial charge in [0.25, 0.3) is 0 Å². The van der Waals surface area contributed by atoms with Crippen molar-refractivity contribution in [3.05, 3.63) is 29.8 Å². The summed E-state index contributed by atoms with van der Waals surface area (Å²) in [6, 6.07) is 5.24. The number of carboxylic acids is 1. The van der Waals surface area contributed by atoms with Crippen molar-refractivity contribution in [2.45, 2.75) is 24.3 Å². The molecule has 0 aliphatic heterocycles. The monoisotopic (exact) mass is 301 g/mol. The number of ether oxygens (including phenoxy) is 1. The maximum Gasteiger partial charge on any atom is 0.321 e. The summed E-state index contributed by atoms with van der Waals surface area (Å²) in [5, 5.41) is 8.88. The van der Waals surface area contributed by atoms with Gasteiger partial charge in [0.15, 0.2) is 0 Å². The fourth-order valence-electron chi connectivity index (χ4n) is 1.58. The predicted octanol–water partition coefficient (Wildman–Crippen LogP) is 0.969. The zero-order valence-corrected chi connectivity index (χ0v) is 12.6. The van der Waals surface area contributed by atoms with E-state index in [2.05, 4.69) is 0 Å². The molecule has 1 atom stereocenters. The van der Waals surface area contributed by atoms with Crippen LogP contribution in [0.4, 0.5) is 0 Å². The SMILES string of the molecule is COCCc1ccc(S(=O)(=O)N(C)C(C)C(=O)O)cc1. The summed E-state index contributed by atoms with van der Waals surface area (Å²) >= 11 is 0. The van der Waals surface area contributed by atoms with Gasteiger partial charge in [0.1, 0.15) is 6.04 Å². The van der Waals surface area contributed by atoms with Gasteiger partial charge in [0, 0.05) is 14.2 Å². The quantitative estimate of drug-likeness (QED) is 0.811. The van der Waals surface area contributed by atoms with Crippen molar-refractivity contribution in [2.24, 2.45) is 0 Å². The average molecular weight is 301 g/mol. The average Bonchev–Trinajstić information content (AvgIpc) is 2.43. The normalized spacial score (nSPS) is 13.4. The molecule has 0 amide bonds. The Hall–Kier alpha value is -1.44. The van der Waals surface area contributed by atoms with Gasteiger partial charge in [-0.1, -0.05) is 12.1 Å². The molecule has 1 unspecified atom stereocenters. The number of methoxy groups -OCH3 is 1. The van der Waals surface area contributed by atoms with Crippen LogP contribution in [-0.2, 0) is 26.0 Å². The van der Waals surface area contributed by atoms with Gasteiger partial charge in [-0.25, -0.2) is 8.42 Å². The molecule has 0 bridgehead atoms. The molecule has 0 aromatic heterocycles. The third-order valence-electron chi connectivity index (χ3n) is 3.10. The van der Waals surface area contributed by atoms with E-state index in [1.165, 1.54) is 26.1 Å². The van der Waals surface area contributed by atoms with Crippen molar-refractivity contribution < 1.29 is 23.1 Å². The maximum absolute atomic E-state index is 12.2. The van der Waals surface area contributed by atoms with E-state index in [1.54, 1.807) is 19.2 Å². The summed E-state index contributed by atoms with van der Waals surface area (Å²) in [5.74, 6) is -1.19. The van der Waals surface area contributed by atoms with Crippen molar-refractivity contribution in [3.8, 4) is 0 Å². The second-order valence-electron chi connectivity index (χ2n) is 4.42. The van der Waals surface area contributed by atoms with Crippen LogP contribution in [0, 0.1) is 0 Å². The molecule has 1 rings (SSSR count). The molecule has 1 aromatic carbocycles. The van der Waals surface area contributed by atoms with E-state index in [1.807, 2.05) is 0 Å². The highest BCUT2D eigenvalue weighted by atomic mass is 32.2. The zero-order valence-electron chi connectivity index (χ0n) is 11.7. The van der Waals surface area contributed by atoms with Crippen LogP contribution in [0.25, 0.3) is 0 Å². The second-order valence-corrected chi connectivity index (χ2v) is 6.42. The van der Waals surface area contributed by atoms with Crippen LogP contribution in [0.1, 0.15) is 12.5 Å². The maximum atomic E-state index is 12.2. The van der Waals surface area contributed by atoms with Gasteiger partial charge in [-0.15, -0.1) is 0 Å². The minimum Gasteiger partial charge on any atom is -0.480 e. The smallest absolute Gasteiger partial charge is 0.321 e. The fourth-order valence-corrected chi connectivity index (χ4v) is 2.90. The van der Waals surface area contributed by atoms with Crippen molar-refractivity contribution in [1.29, 1.82) is 0 Å². The first-order valence-corrected chi connectivity index (χ1v) is 7.53. The summed E-state index contributed by atoms with van der Waals surface area (Å²) in [4.78, 5) is 10.9. The Morgan fingerprint density at radius 1 is 1.35 bits per heavy atom. The number of hydrogen-bond acceptors (Lipinski definition) is 4. The second kappa shape index (κ2) is 6.83. The van der Waals surface area contributed by atoms with E-state index in [9.17, 15) is 13.2 Å². The number of nitrogens with zero attached hydrogens (tertiary/aromatic N) is 1. The Labute approximate surface area is 119 Å². The van der Waals surface area contributed by atoms with E-state index in [4.69, 9.17) is 9.84 Å². The Morgan fingerprint density at radius 3 is 2.35 bits per heavy atom. The first-order valence-electron chi connectivity index (χ1n) is 6.09. The molecule has 1 N–H and O–H groups in total. The van der Waals surface area contributed by atoms with E-state index in [0.29, 0.717) is 13.0 Å². The largest absolute Gasteiger partial charge is 0.480 e. The molecule has 0 spiro atoms. The molecule has 1 aromatic rings. The molecule has 0 aliphatic rings. The van der Waals surface area contributed by atoms with Crippen LogP contribution in [0.5, 0.6) is 0 Å². The number of carboxylic acid groups (broad SMARTS) is 1. The fraction of sp³-hybridized carbons (Fsp3) is 0.462. The number of benzene rings is 1. The molecule has 0 radical (unpaired) electrons. The lowest BCUT2D eigenvalue weighted by molar-refractivity contribution is -0.140. The standard InChI is InChI=1S/C13H19NO5S/c1-10(13(15)16)14(2)20(17,18)12-6-4-11(5-7-12)8-9-19-3/h4-7,10H,8-9H2,1-3H3,(H,15,16). The van der Waals surface area contributed by atoms with Crippen molar-refractivity contribution in [2.75, 3.05) is 20.8 Å². The van der Waals surface area contributed by atoms with Gasteiger partial charge in [0.05, 0.1) is 11.5 Å². The van der Waals surface area contributed by atoms with Crippen LogP contribution >= 0.6 is 0 Å². The van der Waals surface area contributed by atoms with Gasteiger partial charge >= 0.3 is 5.97 Å². The molecular formula is C13H19NO5S.